The third-order valence-electron chi connectivity index (χ3n) is 1.01. The predicted octanol–water partition coefficient (Wildman–Crippen LogP) is 3.14. The van der Waals surface area contributed by atoms with E-state index in [1.807, 2.05) is 0 Å². The van der Waals surface area contributed by atoms with E-state index in [0.29, 0.717) is 10.7 Å². The van der Waals surface area contributed by atoms with Gasteiger partial charge in [0.05, 0.1) is 0 Å². The first-order chi connectivity index (χ1) is 5.87. The Hall–Kier alpha value is -0.210. The van der Waals surface area contributed by atoms with E-state index in [2.05, 4.69) is 21.2 Å². The van der Waals surface area contributed by atoms with Crippen LogP contribution in [0.4, 0.5) is 5.69 Å². The maximum Gasteiger partial charge on any atom is 0.0453 e. The van der Waals surface area contributed by atoms with Gasteiger partial charge in [0.25, 0.3) is 0 Å². The fraction of sp³-hybridized carbons (Fsp3) is 0.143. The van der Waals surface area contributed by atoms with Crippen LogP contribution in [0.25, 0.3) is 0 Å². The molecule has 1 aromatic carbocycles. The molecule has 54 valence electrons. The molecule has 1 aromatic rings. The number of benzene rings is 1. The van der Waals surface area contributed by atoms with Crippen molar-refractivity contribution in [2.75, 3.05) is 12.3 Å². The standard InChI is InChI=1S/C7H7BrClN/c1-10-7-3-5(8)2-6(9)4-7/h2-4,10H,1H3/i1D3. The summed E-state index contributed by atoms with van der Waals surface area (Å²) in [5, 5.41) is 2.84. The van der Waals surface area contributed by atoms with E-state index in [4.69, 9.17) is 15.7 Å². The fourth-order valence-electron chi connectivity index (χ4n) is 0.626. The Kier molecular flexibility index (Phi) is 1.51. The van der Waals surface area contributed by atoms with Crippen LogP contribution in [0.5, 0.6) is 0 Å². The van der Waals surface area contributed by atoms with E-state index in [0.717, 1.165) is 4.47 Å². The zero-order valence-electron chi connectivity index (χ0n) is 7.99. The van der Waals surface area contributed by atoms with Gasteiger partial charge < -0.3 is 5.32 Å². The van der Waals surface area contributed by atoms with Gasteiger partial charge in [0.15, 0.2) is 0 Å². The molecule has 0 atom stereocenters. The Bertz CT molecular complexity index is 293. The predicted molar refractivity (Wildman–Crippen MR) is 48.7 cm³/mol. The quantitative estimate of drug-likeness (QED) is 0.771. The summed E-state index contributed by atoms with van der Waals surface area (Å²) in [4.78, 5) is 0. The van der Waals surface area contributed by atoms with Crippen LogP contribution < -0.4 is 5.32 Å². The number of nitrogens with one attached hydrogen (secondary N) is 1. The van der Waals surface area contributed by atoms with Crippen LogP contribution in [0.1, 0.15) is 4.11 Å². The van der Waals surface area contributed by atoms with Gasteiger partial charge in [-0.25, -0.2) is 0 Å². The van der Waals surface area contributed by atoms with E-state index in [-0.39, 0.29) is 0 Å². The minimum Gasteiger partial charge on any atom is -0.388 e. The monoisotopic (exact) mass is 222 g/mol. The third kappa shape index (κ3) is 1.89. The van der Waals surface area contributed by atoms with Crippen molar-refractivity contribution in [1.29, 1.82) is 0 Å². The van der Waals surface area contributed by atoms with Gasteiger partial charge in [-0.1, -0.05) is 27.5 Å². The molecule has 0 saturated carbocycles. The van der Waals surface area contributed by atoms with Crippen molar-refractivity contribution in [3.63, 3.8) is 0 Å². The molecular formula is C7H7BrClN. The van der Waals surface area contributed by atoms with Crippen LogP contribution >= 0.6 is 27.5 Å². The number of hydrogen-bond acceptors (Lipinski definition) is 1. The highest BCUT2D eigenvalue weighted by molar-refractivity contribution is 9.10. The lowest BCUT2D eigenvalue weighted by Gasteiger charge is -2.00. The number of rotatable bonds is 1. The van der Waals surface area contributed by atoms with Crippen LogP contribution in [0.3, 0.4) is 0 Å². The Labute approximate surface area is 77.7 Å². The average molecular weight is 224 g/mol. The molecule has 0 aliphatic carbocycles. The molecule has 0 unspecified atom stereocenters. The van der Waals surface area contributed by atoms with Gasteiger partial charge in [0.2, 0.25) is 0 Å². The first-order valence-electron chi connectivity index (χ1n) is 4.11. The molecule has 0 aromatic heterocycles. The summed E-state index contributed by atoms with van der Waals surface area (Å²) in [6.45, 7) is -2.19. The van der Waals surface area contributed by atoms with E-state index in [1.165, 1.54) is 0 Å². The van der Waals surface area contributed by atoms with Crippen molar-refractivity contribution in [2.24, 2.45) is 0 Å². The molecular weight excluding hydrogens is 213 g/mol. The van der Waals surface area contributed by atoms with Gasteiger partial charge in [-0.15, -0.1) is 0 Å². The Balaban J connectivity index is 2.90. The zero-order chi connectivity index (χ0) is 10.1. The normalized spacial score (nSPS) is 15.2. The van der Waals surface area contributed by atoms with Crippen molar-refractivity contribution < 1.29 is 4.11 Å². The molecule has 10 heavy (non-hydrogen) atoms. The summed E-state index contributed by atoms with van der Waals surface area (Å²) in [6.07, 6.45) is 0. The van der Waals surface area contributed by atoms with Gasteiger partial charge in [0, 0.05) is 26.3 Å². The number of anilines is 1. The molecule has 0 heterocycles. The summed E-state index contributed by atoms with van der Waals surface area (Å²) < 4.78 is 21.7. The minimum absolute atomic E-state index is 0.472. The largest absolute Gasteiger partial charge is 0.388 e. The van der Waals surface area contributed by atoms with E-state index in [1.54, 1.807) is 18.2 Å². The van der Waals surface area contributed by atoms with Gasteiger partial charge >= 0.3 is 0 Å². The molecule has 0 saturated heterocycles. The summed E-state index contributed by atoms with van der Waals surface area (Å²) >= 11 is 8.94. The summed E-state index contributed by atoms with van der Waals surface area (Å²) in [5.41, 5.74) is 0.472. The van der Waals surface area contributed by atoms with Crippen molar-refractivity contribution in [3.05, 3.63) is 27.7 Å². The molecule has 1 rings (SSSR count). The van der Waals surface area contributed by atoms with Gasteiger partial charge in [0.1, 0.15) is 0 Å². The summed E-state index contributed by atoms with van der Waals surface area (Å²) in [6, 6.07) is 4.89. The van der Waals surface area contributed by atoms with Crippen molar-refractivity contribution in [1.82, 2.24) is 0 Å². The molecule has 0 aliphatic rings. The van der Waals surface area contributed by atoms with Crippen LogP contribution in [-0.2, 0) is 0 Å². The summed E-state index contributed by atoms with van der Waals surface area (Å²) in [5.74, 6) is 0. The second-order valence-corrected chi connectivity index (χ2v) is 3.14. The fourth-order valence-corrected chi connectivity index (χ4v) is 1.49. The van der Waals surface area contributed by atoms with Crippen molar-refractivity contribution in [3.8, 4) is 0 Å². The van der Waals surface area contributed by atoms with E-state index >= 15 is 0 Å². The maximum absolute atomic E-state index is 6.97. The molecule has 0 amide bonds. The van der Waals surface area contributed by atoms with Gasteiger partial charge in [-0.2, -0.15) is 0 Å². The van der Waals surface area contributed by atoms with Gasteiger partial charge in [-0.3, -0.25) is 0 Å². The van der Waals surface area contributed by atoms with Crippen LogP contribution in [-0.4, -0.2) is 6.98 Å². The lowest BCUT2D eigenvalue weighted by molar-refractivity contribution is 1.50. The second-order valence-electron chi connectivity index (χ2n) is 1.78. The molecule has 0 spiro atoms. The molecule has 0 radical (unpaired) electrons. The SMILES string of the molecule is [2H]C([2H])([2H])Nc1cc(Cl)cc(Br)c1. The van der Waals surface area contributed by atoms with Crippen LogP contribution in [0, 0.1) is 0 Å². The molecule has 1 nitrogen and oxygen atoms in total. The van der Waals surface area contributed by atoms with Crippen molar-refractivity contribution in [2.45, 2.75) is 0 Å². The molecule has 0 fully saturated rings. The smallest absolute Gasteiger partial charge is 0.0453 e. The Morgan fingerprint density at radius 2 is 2.40 bits per heavy atom. The molecule has 0 bridgehead atoms. The highest BCUT2D eigenvalue weighted by Crippen LogP contribution is 2.22. The van der Waals surface area contributed by atoms with E-state index < -0.39 is 6.98 Å². The second kappa shape index (κ2) is 3.26. The number of halogens is 2. The van der Waals surface area contributed by atoms with Crippen LogP contribution in [0.2, 0.25) is 5.02 Å². The lowest BCUT2D eigenvalue weighted by atomic mass is 10.3. The molecule has 0 aliphatic heterocycles. The topological polar surface area (TPSA) is 12.0 Å². The van der Waals surface area contributed by atoms with Crippen molar-refractivity contribution >= 4 is 33.2 Å². The lowest BCUT2D eigenvalue weighted by Crippen LogP contribution is -1.86. The minimum atomic E-state index is -2.19. The maximum atomic E-state index is 6.97. The third-order valence-corrected chi connectivity index (χ3v) is 1.68. The first-order valence-corrected chi connectivity index (χ1v) is 3.78. The van der Waals surface area contributed by atoms with E-state index in [9.17, 15) is 0 Å². The highest BCUT2D eigenvalue weighted by Gasteiger charge is 1.93. The molecule has 1 N–H and O–H groups in total. The Morgan fingerprint density at radius 1 is 1.60 bits per heavy atom. The summed E-state index contributed by atoms with van der Waals surface area (Å²) in [7, 11) is 0. The average Bonchev–Trinajstić information content (AvgIpc) is 1.78. The van der Waals surface area contributed by atoms with Crippen LogP contribution in [0.15, 0.2) is 22.7 Å². The number of hydrogen-bond donors (Lipinski definition) is 1. The van der Waals surface area contributed by atoms with Gasteiger partial charge in [-0.05, 0) is 18.2 Å². The highest BCUT2D eigenvalue weighted by atomic mass is 79.9. The zero-order valence-corrected chi connectivity index (χ0v) is 7.33. The first kappa shape index (κ1) is 4.62. The molecule has 3 heteroatoms. The Morgan fingerprint density at radius 3 is 3.00 bits per heavy atom.